The van der Waals surface area contributed by atoms with Gasteiger partial charge in [-0.3, -0.25) is 9.69 Å². The lowest BCUT2D eigenvalue weighted by molar-refractivity contribution is -0.125. The maximum atomic E-state index is 12.3. The molecule has 23 heavy (non-hydrogen) atoms. The van der Waals surface area contributed by atoms with Crippen molar-refractivity contribution in [1.29, 1.82) is 0 Å². The van der Waals surface area contributed by atoms with Crippen LogP contribution in [0, 0.1) is 5.92 Å². The van der Waals surface area contributed by atoms with Crippen LogP contribution in [0.2, 0.25) is 0 Å². The Morgan fingerprint density at radius 1 is 1.22 bits per heavy atom. The molecule has 0 spiro atoms. The van der Waals surface area contributed by atoms with Crippen molar-refractivity contribution in [3.63, 3.8) is 0 Å². The van der Waals surface area contributed by atoms with Crippen LogP contribution >= 0.6 is 0 Å². The number of nitrogens with one attached hydrogen (secondary N) is 1. The van der Waals surface area contributed by atoms with Crippen molar-refractivity contribution in [2.75, 3.05) is 26.3 Å². The summed E-state index contributed by atoms with van der Waals surface area (Å²) in [5, 5.41) is 3.09. The molecule has 1 aromatic rings. The summed E-state index contributed by atoms with van der Waals surface area (Å²) in [6.07, 6.45) is 2.95. The minimum atomic E-state index is -0.0126. The molecule has 1 aliphatic heterocycles. The lowest BCUT2D eigenvalue weighted by Crippen LogP contribution is -2.38. The van der Waals surface area contributed by atoms with Gasteiger partial charge < -0.3 is 15.8 Å². The first-order chi connectivity index (χ1) is 11.2. The third-order valence-electron chi connectivity index (χ3n) is 4.98. The average Bonchev–Trinajstić information content (AvgIpc) is 3.01. The van der Waals surface area contributed by atoms with Gasteiger partial charge in [-0.15, -0.1) is 0 Å². The van der Waals surface area contributed by atoms with E-state index in [2.05, 4.69) is 28.4 Å². The number of nitrogens with two attached hydrogens (primary N) is 1. The van der Waals surface area contributed by atoms with Gasteiger partial charge in [0.05, 0.1) is 19.1 Å². The molecule has 2 atom stereocenters. The molecule has 5 heteroatoms. The van der Waals surface area contributed by atoms with Gasteiger partial charge in [-0.05, 0) is 24.0 Å². The predicted octanol–water partition coefficient (Wildman–Crippen LogP) is 1.26. The quantitative estimate of drug-likeness (QED) is 0.858. The molecule has 3 N–H and O–H groups in total. The SMILES string of the molecule is N[C@@H]1CCC[C@@H]1C(=O)NCc1ccccc1CN1CCOCC1. The van der Waals surface area contributed by atoms with E-state index in [-0.39, 0.29) is 17.9 Å². The van der Waals surface area contributed by atoms with E-state index in [0.29, 0.717) is 6.54 Å². The highest BCUT2D eigenvalue weighted by Gasteiger charge is 2.30. The highest BCUT2D eigenvalue weighted by Crippen LogP contribution is 2.24. The molecule has 126 valence electrons. The van der Waals surface area contributed by atoms with Gasteiger partial charge in [0.15, 0.2) is 0 Å². The first-order valence-corrected chi connectivity index (χ1v) is 8.64. The van der Waals surface area contributed by atoms with Crippen LogP contribution in [0.1, 0.15) is 30.4 Å². The van der Waals surface area contributed by atoms with Crippen molar-refractivity contribution in [2.45, 2.75) is 38.4 Å². The molecule has 0 radical (unpaired) electrons. The first-order valence-electron chi connectivity index (χ1n) is 8.64. The van der Waals surface area contributed by atoms with Gasteiger partial charge in [-0.25, -0.2) is 0 Å². The van der Waals surface area contributed by atoms with Crippen LogP contribution in [0.15, 0.2) is 24.3 Å². The number of ether oxygens (including phenoxy) is 1. The summed E-state index contributed by atoms with van der Waals surface area (Å²) >= 11 is 0. The van der Waals surface area contributed by atoms with Crippen LogP contribution in [0.5, 0.6) is 0 Å². The number of carbonyl (C=O) groups is 1. The Morgan fingerprint density at radius 2 is 1.96 bits per heavy atom. The zero-order valence-corrected chi connectivity index (χ0v) is 13.7. The first kappa shape index (κ1) is 16.4. The Morgan fingerprint density at radius 3 is 2.65 bits per heavy atom. The van der Waals surface area contributed by atoms with Gasteiger partial charge >= 0.3 is 0 Å². The van der Waals surface area contributed by atoms with E-state index in [0.717, 1.165) is 52.1 Å². The number of amides is 1. The maximum absolute atomic E-state index is 12.3. The van der Waals surface area contributed by atoms with E-state index in [4.69, 9.17) is 10.5 Å². The topological polar surface area (TPSA) is 67.6 Å². The molecule has 2 aliphatic rings. The summed E-state index contributed by atoms with van der Waals surface area (Å²) in [6.45, 7) is 5.05. The van der Waals surface area contributed by atoms with Crippen molar-refractivity contribution >= 4 is 5.91 Å². The number of hydrogen-bond donors (Lipinski definition) is 2. The number of benzene rings is 1. The molecule has 1 amide bonds. The molecule has 3 rings (SSSR count). The summed E-state index contributed by atoms with van der Waals surface area (Å²) in [4.78, 5) is 14.7. The smallest absolute Gasteiger partial charge is 0.224 e. The molecular weight excluding hydrogens is 290 g/mol. The zero-order chi connectivity index (χ0) is 16.1. The van der Waals surface area contributed by atoms with E-state index in [9.17, 15) is 4.79 Å². The fourth-order valence-electron chi connectivity index (χ4n) is 3.51. The number of morpholine rings is 1. The Bertz CT molecular complexity index is 529. The lowest BCUT2D eigenvalue weighted by atomic mass is 10.0. The molecule has 0 bridgehead atoms. The largest absolute Gasteiger partial charge is 0.379 e. The summed E-state index contributed by atoms with van der Waals surface area (Å²) in [7, 11) is 0. The molecule has 1 heterocycles. The van der Waals surface area contributed by atoms with Gasteiger partial charge in [0, 0.05) is 32.2 Å². The van der Waals surface area contributed by atoms with Crippen molar-refractivity contribution < 1.29 is 9.53 Å². The van der Waals surface area contributed by atoms with Crippen LogP contribution in [0.3, 0.4) is 0 Å². The summed E-state index contributed by atoms with van der Waals surface area (Å²) in [6, 6.07) is 8.38. The van der Waals surface area contributed by atoms with Crippen LogP contribution in [-0.2, 0) is 22.6 Å². The van der Waals surface area contributed by atoms with Crippen LogP contribution in [-0.4, -0.2) is 43.2 Å². The second kappa shape index (κ2) is 7.90. The van der Waals surface area contributed by atoms with Gasteiger partial charge in [0.2, 0.25) is 5.91 Å². The number of carbonyl (C=O) groups excluding carboxylic acids is 1. The fourth-order valence-corrected chi connectivity index (χ4v) is 3.51. The third-order valence-corrected chi connectivity index (χ3v) is 4.98. The minimum Gasteiger partial charge on any atom is -0.379 e. The normalized spacial score (nSPS) is 25.4. The van der Waals surface area contributed by atoms with Crippen LogP contribution < -0.4 is 11.1 Å². The van der Waals surface area contributed by atoms with Crippen molar-refractivity contribution in [3.05, 3.63) is 35.4 Å². The summed E-state index contributed by atoms with van der Waals surface area (Å²) < 4.78 is 5.40. The molecule has 1 saturated carbocycles. The molecule has 1 aromatic carbocycles. The minimum absolute atomic E-state index is 0.0126. The van der Waals surface area contributed by atoms with E-state index in [1.54, 1.807) is 0 Å². The van der Waals surface area contributed by atoms with Crippen molar-refractivity contribution in [1.82, 2.24) is 10.2 Å². The van der Waals surface area contributed by atoms with Crippen molar-refractivity contribution in [3.8, 4) is 0 Å². The third kappa shape index (κ3) is 4.31. The van der Waals surface area contributed by atoms with Gasteiger partial charge in [-0.1, -0.05) is 30.7 Å². The van der Waals surface area contributed by atoms with Gasteiger partial charge in [-0.2, -0.15) is 0 Å². The number of rotatable bonds is 5. The molecule has 1 saturated heterocycles. The summed E-state index contributed by atoms with van der Waals surface area (Å²) in [5.41, 5.74) is 8.50. The molecule has 2 fully saturated rings. The highest BCUT2D eigenvalue weighted by molar-refractivity contribution is 5.79. The molecule has 1 aliphatic carbocycles. The van der Waals surface area contributed by atoms with Gasteiger partial charge in [0.25, 0.3) is 0 Å². The lowest BCUT2D eigenvalue weighted by Gasteiger charge is -2.27. The highest BCUT2D eigenvalue weighted by atomic mass is 16.5. The molecular formula is C18H27N3O2. The van der Waals surface area contributed by atoms with Crippen LogP contribution in [0.4, 0.5) is 0 Å². The standard InChI is InChI=1S/C18H27N3O2/c19-17-7-3-6-16(17)18(22)20-12-14-4-1-2-5-15(14)13-21-8-10-23-11-9-21/h1-2,4-5,16-17H,3,6-13,19H2,(H,20,22)/t16-,17+/m0/s1. The second-order valence-corrected chi connectivity index (χ2v) is 6.58. The Hall–Kier alpha value is -1.43. The average molecular weight is 317 g/mol. The molecule has 5 nitrogen and oxygen atoms in total. The van der Waals surface area contributed by atoms with E-state index < -0.39 is 0 Å². The van der Waals surface area contributed by atoms with E-state index >= 15 is 0 Å². The Balaban J connectivity index is 1.58. The fraction of sp³-hybridized carbons (Fsp3) is 0.611. The van der Waals surface area contributed by atoms with E-state index in [1.807, 2.05) is 6.07 Å². The van der Waals surface area contributed by atoms with E-state index in [1.165, 1.54) is 11.1 Å². The Kier molecular flexibility index (Phi) is 5.65. The zero-order valence-electron chi connectivity index (χ0n) is 13.7. The Labute approximate surface area is 138 Å². The summed E-state index contributed by atoms with van der Waals surface area (Å²) in [5.74, 6) is 0.0950. The van der Waals surface area contributed by atoms with Gasteiger partial charge in [0.1, 0.15) is 0 Å². The monoisotopic (exact) mass is 317 g/mol. The maximum Gasteiger partial charge on any atom is 0.224 e. The number of hydrogen-bond acceptors (Lipinski definition) is 4. The van der Waals surface area contributed by atoms with Crippen molar-refractivity contribution in [2.24, 2.45) is 11.7 Å². The number of nitrogens with zero attached hydrogens (tertiary/aromatic N) is 1. The second-order valence-electron chi connectivity index (χ2n) is 6.58. The molecule has 0 aromatic heterocycles. The molecule has 0 unspecified atom stereocenters. The predicted molar refractivity (Wildman–Crippen MR) is 89.7 cm³/mol. The van der Waals surface area contributed by atoms with Crippen LogP contribution in [0.25, 0.3) is 0 Å².